The van der Waals surface area contributed by atoms with Gasteiger partial charge < -0.3 is 28.4 Å². The Labute approximate surface area is 346 Å². The van der Waals surface area contributed by atoms with Gasteiger partial charge in [0.2, 0.25) is 0 Å². The zero-order chi connectivity index (χ0) is 39.6. The molecule has 4 aliphatic rings. The Kier molecular flexibility index (Phi) is 6.94. The molecule has 0 spiro atoms. The lowest BCUT2D eigenvalue weighted by atomic mass is 9.31. The lowest BCUT2D eigenvalue weighted by Crippen LogP contribution is -2.61. The Hall–Kier alpha value is -7.57. The lowest BCUT2D eigenvalue weighted by molar-refractivity contribution is 0.456. The van der Waals surface area contributed by atoms with Crippen LogP contribution in [0, 0.1) is 13.8 Å². The van der Waals surface area contributed by atoms with Crippen molar-refractivity contribution in [2.45, 2.75) is 13.8 Å². The van der Waals surface area contributed by atoms with E-state index in [1.807, 2.05) is 48.5 Å². The van der Waals surface area contributed by atoms with E-state index in [0.717, 1.165) is 123 Å². The predicted octanol–water partition coefficient (Wildman–Crippen LogP) is 9.65. The molecule has 9 aromatic carbocycles. The zero-order valence-corrected chi connectivity index (χ0v) is 32.6. The van der Waals surface area contributed by atoms with E-state index < -0.39 is 0 Å². The molecule has 0 saturated heterocycles. The first-order valence-corrected chi connectivity index (χ1v) is 20.3. The van der Waals surface area contributed by atoms with Crippen molar-refractivity contribution in [3.05, 3.63) is 169 Å². The van der Waals surface area contributed by atoms with Crippen LogP contribution in [0.25, 0.3) is 21.5 Å². The number of hydrogen-bond donors (Lipinski definition) is 0. The van der Waals surface area contributed by atoms with Crippen molar-refractivity contribution in [2.24, 2.45) is 0 Å². The van der Waals surface area contributed by atoms with E-state index in [4.69, 9.17) is 28.4 Å². The zero-order valence-electron chi connectivity index (χ0n) is 32.6. The van der Waals surface area contributed by atoms with Crippen LogP contribution < -0.4 is 61.2 Å². The van der Waals surface area contributed by atoms with Gasteiger partial charge in [0.25, 0.3) is 13.4 Å². The average Bonchev–Trinajstić information content (AvgIpc) is 3.27. The van der Waals surface area contributed by atoms with Gasteiger partial charge in [0.15, 0.2) is 0 Å². The van der Waals surface area contributed by atoms with E-state index in [1.165, 1.54) is 11.1 Å². The molecule has 0 radical (unpaired) electrons. The molecule has 0 fully saturated rings. The minimum absolute atomic E-state index is 0.138. The maximum absolute atomic E-state index is 7.08. The van der Waals surface area contributed by atoms with Crippen LogP contribution in [0.2, 0.25) is 0 Å². The van der Waals surface area contributed by atoms with Crippen molar-refractivity contribution in [3.8, 4) is 69.0 Å². The molecule has 0 amide bonds. The molecule has 8 heteroatoms. The third-order valence-corrected chi connectivity index (χ3v) is 12.3. The number of benzene rings is 9. The summed E-state index contributed by atoms with van der Waals surface area (Å²) in [5.41, 5.74) is 8.70. The van der Waals surface area contributed by atoms with Gasteiger partial charge in [0.1, 0.15) is 69.0 Å². The van der Waals surface area contributed by atoms with Crippen LogP contribution in [0.3, 0.4) is 0 Å². The third kappa shape index (κ3) is 5.04. The van der Waals surface area contributed by atoms with Crippen LogP contribution >= 0.6 is 0 Å². The molecule has 0 aliphatic carbocycles. The Bertz CT molecular complexity index is 3090. The molecule has 0 saturated carbocycles. The van der Waals surface area contributed by atoms with Gasteiger partial charge in [-0.3, -0.25) is 0 Å². The first-order chi connectivity index (χ1) is 29.5. The number of hydrogen-bond acceptors (Lipinski definition) is 6. The summed E-state index contributed by atoms with van der Waals surface area (Å²) in [6.45, 7) is 3.86. The summed E-state index contributed by atoms with van der Waals surface area (Å²) in [6, 6.07) is 53.7. The molecule has 282 valence electrons. The topological polar surface area (TPSA) is 55.4 Å². The number of aryl methyl sites for hydroxylation is 2. The van der Waals surface area contributed by atoms with Gasteiger partial charge in [-0.25, -0.2) is 0 Å². The Morgan fingerprint density at radius 3 is 1.25 bits per heavy atom. The Balaban J connectivity index is 0.975. The molecular formula is C52H32B2O6. The van der Waals surface area contributed by atoms with Gasteiger partial charge >= 0.3 is 0 Å². The van der Waals surface area contributed by atoms with E-state index >= 15 is 0 Å². The molecule has 6 nitrogen and oxygen atoms in total. The van der Waals surface area contributed by atoms with Crippen molar-refractivity contribution in [1.29, 1.82) is 0 Å². The fourth-order valence-electron chi connectivity index (χ4n) is 9.49. The van der Waals surface area contributed by atoms with Gasteiger partial charge in [0.05, 0.1) is 0 Å². The highest BCUT2D eigenvalue weighted by Crippen LogP contribution is 2.45. The normalized spacial score (nSPS) is 13.3. The van der Waals surface area contributed by atoms with Crippen LogP contribution in [0.15, 0.2) is 158 Å². The van der Waals surface area contributed by atoms with Crippen LogP contribution in [0.4, 0.5) is 0 Å². The number of fused-ring (bicyclic) bond motifs is 12. The highest BCUT2D eigenvalue weighted by molar-refractivity contribution is 7.01. The fraction of sp³-hybridized carbons (Fsp3) is 0.0385. The summed E-state index contributed by atoms with van der Waals surface area (Å²) in [7, 11) is 0. The first kappa shape index (κ1) is 33.4. The number of ether oxygens (including phenoxy) is 6. The van der Waals surface area contributed by atoms with Gasteiger partial charge in [0, 0.05) is 27.8 Å². The highest BCUT2D eigenvalue weighted by Gasteiger charge is 2.46. The molecule has 9 aromatic rings. The van der Waals surface area contributed by atoms with E-state index in [1.54, 1.807) is 0 Å². The van der Waals surface area contributed by atoms with Crippen molar-refractivity contribution in [2.75, 3.05) is 0 Å². The molecule has 60 heavy (non-hydrogen) atoms. The van der Waals surface area contributed by atoms with E-state index in [2.05, 4.69) is 123 Å². The summed E-state index contributed by atoms with van der Waals surface area (Å²) in [5.74, 6) is 9.29. The fourth-order valence-corrected chi connectivity index (χ4v) is 9.49. The molecule has 0 atom stereocenters. The summed E-state index contributed by atoms with van der Waals surface area (Å²) in [5, 5.41) is 3.87. The minimum Gasteiger partial charge on any atom is -0.458 e. The second-order valence-corrected chi connectivity index (χ2v) is 16.1. The van der Waals surface area contributed by atoms with Crippen molar-refractivity contribution >= 4 is 67.7 Å². The number of rotatable bonds is 4. The van der Waals surface area contributed by atoms with Crippen LogP contribution in [-0.4, -0.2) is 13.4 Å². The maximum atomic E-state index is 7.08. The molecule has 0 bridgehead atoms. The maximum Gasteiger partial charge on any atom is 0.260 e. The van der Waals surface area contributed by atoms with Crippen molar-refractivity contribution in [3.63, 3.8) is 0 Å². The van der Waals surface area contributed by atoms with Gasteiger partial charge in [-0.2, -0.15) is 0 Å². The summed E-state index contributed by atoms with van der Waals surface area (Å²) in [6.07, 6.45) is 0. The summed E-state index contributed by atoms with van der Waals surface area (Å²) in [4.78, 5) is 0. The monoisotopic (exact) mass is 774 g/mol. The second kappa shape index (κ2) is 12.5. The quantitative estimate of drug-likeness (QED) is 0.166. The minimum atomic E-state index is -0.138. The van der Waals surface area contributed by atoms with Gasteiger partial charge in [-0.1, -0.05) is 77.9 Å². The summed E-state index contributed by atoms with van der Waals surface area (Å²) >= 11 is 0. The molecule has 0 aromatic heterocycles. The molecule has 0 N–H and O–H groups in total. The molecule has 4 heterocycles. The lowest BCUT2D eigenvalue weighted by Gasteiger charge is -2.37. The molecular weight excluding hydrogens is 742 g/mol. The summed E-state index contributed by atoms with van der Waals surface area (Å²) < 4.78 is 40.2. The molecule has 0 unspecified atom stereocenters. The molecule has 4 aliphatic heterocycles. The van der Waals surface area contributed by atoms with Crippen molar-refractivity contribution in [1.82, 2.24) is 0 Å². The Morgan fingerprint density at radius 2 is 0.783 bits per heavy atom. The number of para-hydroxylation sites is 2. The van der Waals surface area contributed by atoms with Crippen LogP contribution in [0.5, 0.6) is 69.0 Å². The van der Waals surface area contributed by atoms with E-state index in [-0.39, 0.29) is 13.4 Å². The van der Waals surface area contributed by atoms with Gasteiger partial charge in [-0.05, 0) is 131 Å². The average molecular weight is 774 g/mol. The molecule has 13 rings (SSSR count). The largest absolute Gasteiger partial charge is 0.458 e. The highest BCUT2D eigenvalue weighted by atomic mass is 16.5. The first-order valence-electron chi connectivity index (χ1n) is 20.3. The van der Waals surface area contributed by atoms with E-state index in [0.29, 0.717) is 0 Å². The van der Waals surface area contributed by atoms with Crippen molar-refractivity contribution < 1.29 is 28.4 Å². The van der Waals surface area contributed by atoms with Crippen LogP contribution in [-0.2, 0) is 0 Å². The van der Waals surface area contributed by atoms with Gasteiger partial charge in [-0.15, -0.1) is 0 Å². The standard InChI is InChI=1S/C52H32B2O6/c1-29-11-15-33(16-12-29)55-35-19-21-37-31(23-35)25-47-49-51(37)59-45-28-46-42(27-41(45)53(49)39-7-3-5-9-43(39)57-47)54-40-8-4-6-10-44(40)58-48-26-32-24-36(56-34-17-13-30(2)14-18-34)20-22-38(32)52(60-46)50(48)54/h3-28H,1-2H3. The smallest absolute Gasteiger partial charge is 0.260 e. The van der Waals surface area contributed by atoms with Crippen LogP contribution in [0.1, 0.15) is 11.1 Å². The Morgan fingerprint density at radius 1 is 0.350 bits per heavy atom. The predicted molar refractivity (Wildman–Crippen MR) is 239 cm³/mol. The second-order valence-electron chi connectivity index (χ2n) is 16.1. The van der Waals surface area contributed by atoms with E-state index in [9.17, 15) is 0 Å². The third-order valence-electron chi connectivity index (χ3n) is 12.3. The SMILES string of the molecule is Cc1ccc(Oc2ccc3c4c5c(cc3c2)Oc2ccccc2B5c2cc3c(cc2O4)Oc2c4c(cc5cc(Oc6ccc(C)cc6)ccc25)Oc2ccccc2B34)cc1.